The van der Waals surface area contributed by atoms with E-state index >= 15 is 0 Å². The number of sulfonamides is 1. The number of nitrogens with one attached hydrogen (secondary N) is 1. The zero-order valence-electron chi connectivity index (χ0n) is 15.1. The van der Waals surface area contributed by atoms with Gasteiger partial charge >= 0.3 is 0 Å². The predicted molar refractivity (Wildman–Crippen MR) is 97.4 cm³/mol. The van der Waals surface area contributed by atoms with Crippen molar-refractivity contribution >= 4 is 25.8 Å². The molecule has 1 aliphatic heterocycles. The van der Waals surface area contributed by atoms with E-state index in [0.717, 1.165) is 0 Å². The summed E-state index contributed by atoms with van der Waals surface area (Å²) >= 11 is 0. The van der Waals surface area contributed by atoms with Gasteiger partial charge in [-0.3, -0.25) is 4.79 Å². The Labute approximate surface area is 154 Å². The van der Waals surface area contributed by atoms with Crippen molar-refractivity contribution in [3.8, 4) is 5.75 Å². The zero-order chi connectivity index (χ0) is 19.5. The van der Waals surface area contributed by atoms with Crippen molar-refractivity contribution in [2.45, 2.75) is 29.9 Å². The smallest absolute Gasteiger partial charge is 0.243 e. The maximum Gasteiger partial charge on any atom is 0.243 e. The topological polar surface area (TPSA) is 110 Å². The summed E-state index contributed by atoms with van der Waals surface area (Å²) in [5, 5.41) is 1.59. The number of carbonyl (C=O) groups is 1. The monoisotopic (exact) mass is 404 g/mol. The molecular weight excluding hydrogens is 380 g/mol. The second-order valence-corrected chi connectivity index (χ2v) is 10.4. The Morgan fingerprint density at radius 3 is 2.35 bits per heavy atom. The SMILES string of the molecule is CNC(=O)CS(=O)(=O)C1CCN(S(=O)(=O)c2ccc(OC)c(C)c2)CC1. The highest BCUT2D eigenvalue weighted by molar-refractivity contribution is 7.92. The van der Waals surface area contributed by atoms with E-state index < -0.39 is 36.8 Å². The van der Waals surface area contributed by atoms with Crippen LogP contribution >= 0.6 is 0 Å². The highest BCUT2D eigenvalue weighted by Crippen LogP contribution is 2.27. The van der Waals surface area contributed by atoms with Crippen LogP contribution in [0.25, 0.3) is 0 Å². The minimum Gasteiger partial charge on any atom is -0.496 e. The number of rotatable bonds is 6. The summed E-state index contributed by atoms with van der Waals surface area (Å²) in [5.74, 6) is -0.532. The number of sulfone groups is 1. The van der Waals surface area contributed by atoms with Gasteiger partial charge in [0.15, 0.2) is 9.84 Å². The van der Waals surface area contributed by atoms with Crippen LogP contribution in [0.1, 0.15) is 18.4 Å². The first kappa shape index (κ1) is 20.7. The number of hydrogen-bond acceptors (Lipinski definition) is 6. The van der Waals surface area contributed by atoms with Gasteiger partial charge in [0.25, 0.3) is 0 Å². The van der Waals surface area contributed by atoms with Crippen LogP contribution in [0.3, 0.4) is 0 Å². The van der Waals surface area contributed by atoms with E-state index in [0.29, 0.717) is 11.3 Å². The van der Waals surface area contributed by atoms with Gasteiger partial charge in [-0.05, 0) is 43.5 Å². The average Bonchev–Trinajstić information content (AvgIpc) is 2.61. The van der Waals surface area contributed by atoms with Crippen molar-refractivity contribution in [1.29, 1.82) is 0 Å². The third kappa shape index (κ3) is 4.36. The Balaban J connectivity index is 2.11. The van der Waals surface area contributed by atoms with Crippen molar-refractivity contribution in [3.63, 3.8) is 0 Å². The summed E-state index contributed by atoms with van der Waals surface area (Å²) in [4.78, 5) is 11.5. The Morgan fingerprint density at radius 2 is 1.85 bits per heavy atom. The molecule has 0 bridgehead atoms. The van der Waals surface area contributed by atoms with Gasteiger partial charge in [0.05, 0.1) is 17.3 Å². The molecule has 1 heterocycles. The molecule has 0 spiro atoms. The van der Waals surface area contributed by atoms with E-state index in [9.17, 15) is 21.6 Å². The molecule has 1 fully saturated rings. The van der Waals surface area contributed by atoms with Gasteiger partial charge in [0.2, 0.25) is 15.9 Å². The average molecular weight is 405 g/mol. The number of carbonyl (C=O) groups excluding carboxylic acids is 1. The van der Waals surface area contributed by atoms with E-state index in [4.69, 9.17) is 4.74 Å². The zero-order valence-corrected chi connectivity index (χ0v) is 16.7. The number of amides is 1. The van der Waals surface area contributed by atoms with Crippen molar-refractivity contribution in [1.82, 2.24) is 9.62 Å². The molecule has 26 heavy (non-hydrogen) atoms. The van der Waals surface area contributed by atoms with Crippen LogP contribution in [0.5, 0.6) is 5.75 Å². The van der Waals surface area contributed by atoms with Gasteiger partial charge in [0.1, 0.15) is 11.5 Å². The Hall–Kier alpha value is -1.65. The van der Waals surface area contributed by atoms with Crippen molar-refractivity contribution in [2.24, 2.45) is 0 Å². The number of benzene rings is 1. The number of hydrogen-bond donors (Lipinski definition) is 1. The summed E-state index contributed by atoms with van der Waals surface area (Å²) in [6.45, 7) is 1.96. The van der Waals surface area contributed by atoms with E-state index in [1.54, 1.807) is 19.1 Å². The van der Waals surface area contributed by atoms with Crippen LogP contribution < -0.4 is 10.1 Å². The molecule has 146 valence electrons. The number of ether oxygens (including phenoxy) is 1. The molecule has 1 aromatic rings. The summed E-state index contributed by atoms with van der Waals surface area (Å²) in [5.41, 5.74) is 0.705. The summed E-state index contributed by atoms with van der Waals surface area (Å²) in [7, 11) is -4.40. The maximum absolute atomic E-state index is 12.8. The Kier molecular flexibility index (Phi) is 6.30. The second-order valence-electron chi connectivity index (χ2n) is 6.22. The molecule has 0 saturated carbocycles. The summed E-state index contributed by atoms with van der Waals surface area (Å²) in [6.07, 6.45) is 0.349. The molecule has 8 nitrogen and oxygen atoms in total. The van der Waals surface area contributed by atoms with E-state index in [1.807, 2.05) is 0 Å². The van der Waals surface area contributed by atoms with E-state index in [-0.39, 0.29) is 30.8 Å². The van der Waals surface area contributed by atoms with Crippen LogP contribution in [0, 0.1) is 6.92 Å². The van der Waals surface area contributed by atoms with Gasteiger partial charge < -0.3 is 10.1 Å². The lowest BCUT2D eigenvalue weighted by atomic mass is 10.2. The van der Waals surface area contributed by atoms with Gasteiger partial charge in [-0.1, -0.05) is 0 Å². The van der Waals surface area contributed by atoms with Crippen molar-refractivity contribution < 1.29 is 26.4 Å². The molecule has 1 aliphatic rings. The lowest BCUT2D eigenvalue weighted by molar-refractivity contribution is -0.118. The Bertz CT molecular complexity index is 872. The van der Waals surface area contributed by atoms with Crippen molar-refractivity contribution in [2.75, 3.05) is 33.0 Å². The molecule has 0 unspecified atom stereocenters. The minimum absolute atomic E-state index is 0.102. The third-order valence-electron chi connectivity index (χ3n) is 4.52. The van der Waals surface area contributed by atoms with Gasteiger partial charge in [-0.2, -0.15) is 4.31 Å². The highest BCUT2D eigenvalue weighted by Gasteiger charge is 2.35. The third-order valence-corrected chi connectivity index (χ3v) is 8.57. The number of aryl methyl sites for hydroxylation is 1. The van der Waals surface area contributed by atoms with Crippen LogP contribution in [-0.2, 0) is 24.7 Å². The van der Waals surface area contributed by atoms with Crippen LogP contribution in [0.4, 0.5) is 0 Å². The lowest BCUT2D eigenvalue weighted by Crippen LogP contribution is -2.44. The van der Waals surface area contributed by atoms with Gasteiger partial charge in [-0.25, -0.2) is 16.8 Å². The number of nitrogens with zero attached hydrogens (tertiary/aromatic N) is 1. The van der Waals surface area contributed by atoms with E-state index in [2.05, 4.69) is 5.32 Å². The lowest BCUT2D eigenvalue weighted by Gasteiger charge is -2.31. The first-order chi connectivity index (χ1) is 12.1. The normalized spacial score (nSPS) is 17.0. The highest BCUT2D eigenvalue weighted by atomic mass is 32.2. The first-order valence-corrected chi connectivity index (χ1v) is 11.3. The predicted octanol–water partition coefficient (Wildman–Crippen LogP) is 0.318. The van der Waals surface area contributed by atoms with Crippen molar-refractivity contribution in [3.05, 3.63) is 23.8 Å². The molecule has 0 aliphatic carbocycles. The first-order valence-electron chi connectivity index (χ1n) is 8.18. The largest absolute Gasteiger partial charge is 0.496 e. The maximum atomic E-state index is 12.8. The second kappa shape index (κ2) is 7.93. The minimum atomic E-state index is -3.70. The fraction of sp³-hybridized carbons (Fsp3) is 0.562. The molecule has 0 radical (unpaired) electrons. The molecule has 1 N–H and O–H groups in total. The van der Waals surface area contributed by atoms with Crippen LogP contribution in [0.15, 0.2) is 23.1 Å². The van der Waals surface area contributed by atoms with Crippen LogP contribution in [-0.4, -0.2) is 65.3 Å². The fourth-order valence-corrected chi connectivity index (χ4v) is 6.19. The van der Waals surface area contributed by atoms with Crippen LogP contribution in [0.2, 0.25) is 0 Å². The summed E-state index contributed by atoms with van der Waals surface area (Å²) < 4.78 is 56.5. The molecule has 0 atom stereocenters. The molecule has 10 heteroatoms. The van der Waals surface area contributed by atoms with Gasteiger partial charge in [-0.15, -0.1) is 0 Å². The molecule has 1 amide bonds. The summed E-state index contributed by atoms with van der Waals surface area (Å²) in [6, 6.07) is 4.63. The van der Waals surface area contributed by atoms with E-state index in [1.165, 1.54) is 24.5 Å². The quantitative estimate of drug-likeness (QED) is 0.731. The molecule has 0 aromatic heterocycles. The van der Waals surface area contributed by atoms with Gasteiger partial charge in [0, 0.05) is 20.1 Å². The molecule has 1 saturated heterocycles. The number of piperidine rings is 1. The molecule has 2 rings (SSSR count). The number of methoxy groups -OCH3 is 1. The molecule has 1 aromatic carbocycles. The molecular formula is C16H24N2O6S2. The fourth-order valence-electron chi connectivity index (χ4n) is 2.96. The standard InChI is InChI=1S/C16H24N2O6S2/c1-12-10-14(4-5-15(12)24-3)26(22,23)18-8-6-13(7-9-18)25(20,21)11-16(19)17-2/h4-5,10,13H,6-9,11H2,1-3H3,(H,17,19). The Morgan fingerprint density at radius 1 is 1.23 bits per heavy atom.